The van der Waals surface area contributed by atoms with Crippen molar-refractivity contribution in [2.45, 2.75) is 77.6 Å². The van der Waals surface area contributed by atoms with Gasteiger partial charge in [-0.3, -0.25) is 4.79 Å². The third-order valence-corrected chi connectivity index (χ3v) is 3.47. The van der Waals surface area contributed by atoms with Crippen molar-refractivity contribution >= 4 is 5.97 Å². The predicted octanol–water partition coefficient (Wildman–Crippen LogP) is 6.61. The Morgan fingerprint density at radius 3 is 1.57 bits per heavy atom. The van der Waals surface area contributed by atoms with E-state index in [-0.39, 0.29) is 6.42 Å². The molecule has 0 spiro atoms. The van der Waals surface area contributed by atoms with Crippen LogP contribution in [0.3, 0.4) is 0 Å². The Morgan fingerprint density at radius 2 is 1.13 bits per heavy atom. The summed E-state index contributed by atoms with van der Waals surface area (Å²) in [5.41, 5.74) is 0. The molecule has 0 rings (SSSR count). The topological polar surface area (TPSA) is 37.3 Å². The summed E-state index contributed by atoms with van der Waals surface area (Å²) in [6, 6.07) is 0. The molecule has 2 nitrogen and oxygen atoms in total. The highest BCUT2D eigenvalue weighted by Gasteiger charge is 1.93. The molecule has 0 bridgehead atoms. The number of carbonyl (C=O) groups is 1. The van der Waals surface area contributed by atoms with Crippen LogP contribution in [0.15, 0.2) is 48.6 Å². The summed E-state index contributed by atoms with van der Waals surface area (Å²) in [6.45, 7) is 2.23. The largest absolute Gasteiger partial charge is 0.481 e. The molecule has 1 N–H and O–H groups in total. The lowest BCUT2D eigenvalue weighted by Crippen LogP contribution is -1.92. The van der Waals surface area contributed by atoms with Gasteiger partial charge in [-0.2, -0.15) is 0 Å². The predicted molar refractivity (Wildman–Crippen MR) is 101 cm³/mol. The van der Waals surface area contributed by atoms with Gasteiger partial charge in [0.05, 0.1) is 0 Å². The van der Waals surface area contributed by atoms with Crippen LogP contribution in [0.5, 0.6) is 0 Å². The third-order valence-electron chi connectivity index (χ3n) is 3.47. The number of allylic oxidation sites excluding steroid dienone is 8. The van der Waals surface area contributed by atoms with Gasteiger partial charge >= 0.3 is 5.97 Å². The third kappa shape index (κ3) is 20.4. The summed E-state index contributed by atoms with van der Waals surface area (Å²) in [7, 11) is 0. The summed E-state index contributed by atoms with van der Waals surface area (Å²) < 4.78 is 0. The molecule has 23 heavy (non-hydrogen) atoms. The molecule has 0 aromatic heterocycles. The van der Waals surface area contributed by atoms with E-state index in [1.165, 1.54) is 25.7 Å². The summed E-state index contributed by atoms with van der Waals surface area (Å²) in [6.07, 6.45) is 28.8. The van der Waals surface area contributed by atoms with Gasteiger partial charge in [0.15, 0.2) is 0 Å². The Hall–Kier alpha value is -1.57. The van der Waals surface area contributed by atoms with Crippen LogP contribution in [0.2, 0.25) is 0 Å². The number of hydrogen-bond acceptors (Lipinski definition) is 1. The van der Waals surface area contributed by atoms with E-state index in [0.29, 0.717) is 0 Å². The van der Waals surface area contributed by atoms with Crippen LogP contribution in [0.4, 0.5) is 0 Å². The highest BCUT2D eigenvalue weighted by atomic mass is 16.4. The van der Waals surface area contributed by atoms with E-state index in [1.54, 1.807) is 0 Å². The molecule has 0 aliphatic rings. The van der Waals surface area contributed by atoms with Gasteiger partial charge in [-0.05, 0) is 51.4 Å². The van der Waals surface area contributed by atoms with E-state index in [1.807, 2.05) is 0 Å². The van der Waals surface area contributed by atoms with E-state index in [4.69, 9.17) is 5.11 Å². The average molecular weight is 319 g/mol. The van der Waals surface area contributed by atoms with Gasteiger partial charge in [-0.1, -0.05) is 68.4 Å². The first-order valence-electron chi connectivity index (χ1n) is 9.09. The van der Waals surface area contributed by atoms with Crippen molar-refractivity contribution in [3.63, 3.8) is 0 Å². The van der Waals surface area contributed by atoms with Gasteiger partial charge in [0.1, 0.15) is 0 Å². The van der Waals surface area contributed by atoms with Crippen LogP contribution < -0.4 is 0 Å². The second kappa shape index (κ2) is 18.5. The molecule has 0 heterocycles. The Labute approximate surface area is 142 Å². The van der Waals surface area contributed by atoms with Gasteiger partial charge in [-0.15, -0.1) is 0 Å². The highest BCUT2D eigenvalue weighted by Crippen LogP contribution is 2.02. The average Bonchev–Trinajstić information content (AvgIpc) is 2.53. The minimum atomic E-state index is -0.697. The molecular weight excluding hydrogens is 284 g/mol. The Kier molecular flexibility index (Phi) is 17.2. The second-order valence-electron chi connectivity index (χ2n) is 5.73. The molecule has 0 aliphatic carbocycles. The van der Waals surface area contributed by atoms with Crippen LogP contribution in [0, 0.1) is 0 Å². The van der Waals surface area contributed by atoms with E-state index >= 15 is 0 Å². The second-order valence-corrected chi connectivity index (χ2v) is 5.73. The van der Waals surface area contributed by atoms with Crippen molar-refractivity contribution in [3.8, 4) is 0 Å². The summed E-state index contributed by atoms with van der Waals surface area (Å²) in [4.78, 5) is 10.3. The summed E-state index contributed by atoms with van der Waals surface area (Å²) in [5, 5.41) is 8.51. The molecule has 0 radical (unpaired) electrons. The van der Waals surface area contributed by atoms with E-state index < -0.39 is 5.97 Å². The maximum Gasteiger partial charge on any atom is 0.303 e. The first-order valence-corrected chi connectivity index (χ1v) is 9.09. The van der Waals surface area contributed by atoms with Crippen molar-refractivity contribution < 1.29 is 9.90 Å². The maximum absolute atomic E-state index is 10.3. The molecular formula is C21H34O2. The molecule has 0 aliphatic heterocycles. The van der Waals surface area contributed by atoms with E-state index in [0.717, 1.165) is 38.5 Å². The quantitative estimate of drug-likeness (QED) is 0.272. The molecule has 0 saturated heterocycles. The standard InChI is InChI=1S/C21H34O2/c1-2-3-4-5-6-7-8-9-10-11-12-13-14-15-16-17-18-19-20-21(22)23/h6-7,9-10,12-13,15-16H,2-5,8,11,14,17-20H2,1H3,(H,22,23). The molecule has 0 aromatic rings. The number of hydrogen-bond donors (Lipinski definition) is 1. The van der Waals surface area contributed by atoms with Crippen molar-refractivity contribution in [1.82, 2.24) is 0 Å². The smallest absolute Gasteiger partial charge is 0.303 e. The first kappa shape index (κ1) is 21.4. The van der Waals surface area contributed by atoms with Crippen LogP contribution in [0.25, 0.3) is 0 Å². The minimum Gasteiger partial charge on any atom is -0.481 e. The monoisotopic (exact) mass is 318 g/mol. The molecule has 0 unspecified atom stereocenters. The SMILES string of the molecule is CCCCCC=CCC=CCC=CCC=CCCCCC(=O)O. The zero-order valence-electron chi connectivity index (χ0n) is 14.8. The zero-order valence-corrected chi connectivity index (χ0v) is 14.8. The van der Waals surface area contributed by atoms with Crippen molar-refractivity contribution in [1.29, 1.82) is 0 Å². The lowest BCUT2D eigenvalue weighted by atomic mass is 10.2. The molecule has 2 heteroatoms. The normalized spacial score (nSPS) is 12.4. The maximum atomic E-state index is 10.3. The van der Waals surface area contributed by atoms with Crippen molar-refractivity contribution in [2.24, 2.45) is 0 Å². The van der Waals surface area contributed by atoms with Gasteiger partial charge in [0.2, 0.25) is 0 Å². The minimum absolute atomic E-state index is 0.286. The fourth-order valence-electron chi connectivity index (χ4n) is 2.10. The highest BCUT2D eigenvalue weighted by molar-refractivity contribution is 5.66. The first-order chi connectivity index (χ1) is 11.3. The lowest BCUT2D eigenvalue weighted by molar-refractivity contribution is -0.137. The van der Waals surface area contributed by atoms with Crippen LogP contribution in [-0.4, -0.2) is 11.1 Å². The molecule has 0 fully saturated rings. The molecule has 0 aromatic carbocycles. The molecule has 0 atom stereocenters. The summed E-state index contributed by atoms with van der Waals surface area (Å²) >= 11 is 0. The van der Waals surface area contributed by atoms with Gasteiger partial charge < -0.3 is 5.11 Å². The van der Waals surface area contributed by atoms with Crippen molar-refractivity contribution in [3.05, 3.63) is 48.6 Å². The van der Waals surface area contributed by atoms with Crippen LogP contribution in [0.1, 0.15) is 77.6 Å². The fraction of sp³-hybridized carbons (Fsp3) is 0.571. The number of carboxylic acids is 1. The number of rotatable bonds is 15. The van der Waals surface area contributed by atoms with Crippen LogP contribution >= 0.6 is 0 Å². The number of unbranched alkanes of at least 4 members (excludes halogenated alkanes) is 5. The molecule has 0 saturated carbocycles. The molecule has 130 valence electrons. The Morgan fingerprint density at radius 1 is 0.696 bits per heavy atom. The van der Waals surface area contributed by atoms with Crippen molar-refractivity contribution in [2.75, 3.05) is 0 Å². The lowest BCUT2D eigenvalue weighted by Gasteiger charge is -1.92. The Balaban J connectivity index is 3.39. The molecule has 0 amide bonds. The van der Waals surface area contributed by atoms with E-state index in [9.17, 15) is 4.79 Å². The van der Waals surface area contributed by atoms with Crippen LogP contribution in [-0.2, 0) is 4.79 Å². The number of carboxylic acid groups (broad SMARTS) is 1. The van der Waals surface area contributed by atoms with E-state index in [2.05, 4.69) is 55.5 Å². The summed E-state index contributed by atoms with van der Waals surface area (Å²) in [5.74, 6) is -0.697. The van der Waals surface area contributed by atoms with Gasteiger partial charge in [-0.25, -0.2) is 0 Å². The number of aliphatic carboxylic acids is 1. The zero-order chi connectivity index (χ0) is 17.0. The fourth-order valence-corrected chi connectivity index (χ4v) is 2.10. The van der Waals surface area contributed by atoms with Gasteiger partial charge in [0, 0.05) is 6.42 Å². The Bertz CT molecular complexity index is 375. The van der Waals surface area contributed by atoms with Gasteiger partial charge in [0.25, 0.3) is 0 Å².